The van der Waals surface area contributed by atoms with Gasteiger partial charge in [-0.2, -0.15) is 0 Å². The normalized spacial score (nSPS) is 25.0. The number of aliphatic carboxylic acids is 1. The molecule has 2 aromatic rings. The third kappa shape index (κ3) is 2.92. The summed E-state index contributed by atoms with van der Waals surface area (Å²) in [5, 5.41) is 9.27. The van der Waals surface area contributed by atoms with Gasteiger partial charge < -0.3 is 9.84 Å². The van der Waals surface area contributed by atoms with Gasteiger partial charge in [0.1, 0.15) is 5.41 Å². The Morgan fingerprint density at radius 3 is 2.23 bits per heavy atom. The largest absolute Gasteiger partial charge is 0.481 e. The molecule has 1 aliphatic carbocycles. The minimum absolute atomic E-state index is 0.117. The van der Waals surface area contributed by atoms with Crippen LogP contribution in [0.1, 0.15) is 17.0 Å². The first-order valence-electron chi connectivity index (χ1n) is 8.03. The lowest BCUT2D eigenvalue weighted by Crippen LogP contribution is -2.28. The van der Waals surface area contributed by atoms with Gasteiger partial charge in [-0.1, -0.05) is 41.4 Å². The van der Waals surface area contributed by atoms with E-state index in [1.54, 1.807) is 36.4 Å². The van der Waals surface area contributed by atoms with Crippen LogP contribution in [0.25, 0.3) is 0 Å². The van der Waals surface area contributed by atoms with Crippen LogP contribution in [-0.2, 0) is 19.4 Å². The van der Waals surface area contributed by atoms with Gasteiger partial charge in [-0.3, -0.25) is 4.79 Å². The number of benzene rings is 2. The summed E-state index contributed by atoms with van der Waals surface area (Å²) in [5.41, 5.74) is 0.0247. The zero-order valence-corrected chi connectivity index (χ0v) is 15.9. The Labute approximate surface area is 157 Å². The lowest BCUT2D eigenvalue weighted by atomic mass is 10.0. The second kappa shape index (κ2) is 6.68. The molecule has 0 bridgehead atoms. The lowest BCUT2D eigenvalue weighted by molar-refractivity contribution is -0.145. The summed E-state index contributed by atoms with van der Waals surface area (Å²) in [5.74, 6) is -1.89. The quantitative estimate of drug-likeness (QED) is 0.812. The number of carboxylic acid groups (broad SMARTS) is 1. The molecular formula is C19H19ClO5S. The molecule has 0 unspecified atom stereocenters. The van der Waals surface area contributed by atoms with E-state index in [0.717, 1.165) is 5.56 Å². The van der Waals surface area contributed by atoms with Crippen LogP contribution in [0.5, 0.6) is 0 Å². The Kier molecular flexibility index (Phi) is 4.86. The molecule has 1 saturated carbocycles. The summed E-state index contributed by atoms with van der Waals surface area (Å²) in [6.45, 7) is 1.67. The van der Waals surface area contributed by atoms with Gasteiger partial charge in [-0.15, -0.1) is 0 Å². The van der Waals surface area contributed by atoms with Crippen LogP contribution in [0.4, 0.5) is 0 Å². The molecule has 7 heteroatoms. The van der Waals surface area contributed by atoms with Crippen molar-refractivity contribution in [3.63, 3.8) is 0 Å². The summed E-state index contributed by atoms with van der Waals surface area (Å²) in [6, 6.07) is 13.0. The zero-order chi connectivity index (χ0) is 19.1. The molecule has 1 fully saturated rings. The second-order valence-electron chi connectivity index (χ2n) is 6.59. The Balaban J connectivity index is 2.11. The number of hydrogen-bond acceptors (Lipinski definition) is 4. The average Bonchev–Trinajstić information content (AvgIpc) is 3.27. The summed E-state index contributed by atoms with van der Waals surface area (Å²) >= 11 is 5.91. The Morgan fingerprint density at radius 1 is 1.15 bits per heavy atom. The predicted octanol–water partition coefficient (Wildman–Crippen LogP) is 3.31. The SMILES string of the molecule is COC[C@]1(C(=O)O)[C@@H](c2ccc(Cl)cc2)[C@@H]1S(=O)(=O)c1ccc(C)cc1. The van der Waals surface area contributed by atoms with Crippen LogP contribution in [0.3, 0.4) is 0 Å². The Bertz CT molecular complexity index is 921. The highest BCUT2D eigenvalue weighted by molar-refractivity contribution is 7.92. The lowest BCUT2D eigenvalue weighted by Gasteiger charge is -2.12. The van der Waals surface area contributed by atoms with Gasteiger partial charge in [-0.25, -0.2) is 8.42 Å². The molecule has 1 N–H and O–H groups in total. The highest BCUT2D eigenvalue weighted by atomic mass is 35.5. The topological polar surface area (TPSA) is 80.7 Å². The summed E-state index contributed by atoms with van der Waals surface area (Å²) in [6.07, 6.45) is 0. The number of methoxy groups -OCH3 is 1. The number of sulfone groups is 1. The molecule has 5 nitrogen and oxygen atoms in total. The fourth-order valence-electron chi connectivity index (χ4n) is 3.60. The Hall–Kier alpha value is -1.89. The molecule has 0 saturated heterocycles. The maximum Gasteiger partial charge on any atom is 0.314 e. The van der Waals surface area contributed by atoms with E-state index in [1.165, 1.54) is 19.2 Å². The van der Waals surface area contributed by atoms with Crippen molar-refractivity contribution in [3.05, 3.63) is 64.7 Å². The first-order valence-corrected chi connectivity index (χ1v) is 9.96. The van der Waals surface area contributed by atoms with Gasteiger partial charge in [0.25, 0.3) is 0 Å². The van der Waals surface area contributed by atoms with Crippen LogP contribution in [0.2, 0.25) is 5.02 Å². The zero-order valence-electron chi connectivity index (χ0n) is 14.3. The Morgan fingerprint density at radius 2 is 1.73 bits per heavy atom. The molecule has 138 valence electrons. The number of halogens is 1. The van der Waals surface area contributed by atoms with E-state index in [4.69, 9.17) is 16.3 Å². The smallest absolute Gasteiger partial charge is 0.314 e. The number of carboxylic acids is 1. The number of hydrogen-bond donors (Lipinski definition) is 1. The third-order valence-electron chi connectivity index (χ3n) is 4.95. The first-order chi connectivity index (χ1) is 12.2. The predicted molar refractivity (Wildman–Crippen MR) is 98.3 cm³/mol. The molecule has 0 aromatic heterocycles. The van der Waals surface area contributed by atoms with Gasteiger partial charge in [0.05, 0.1) is 16.8 Å². The third-order valence-corrected chi connectivity index (χ3v) is 7.49. The van der Waals surface area contributed by atoms with Gasteiger partial charge in [0.2, 0.25) is 0 Å². The molecule has 0 aliphatic heterocycles. The van der Waals surface area contributed by atoms with Crippen molar-refractivity contribution >= 4 is 27.4 Å². The molecule has 2 aromatic carbocycles. The van der Waals surface area contributed by atoms with Crippen LogP contribution in [-0.4, -0.2) is 38.5 Å². The van der Waals surface area contributed by atoms with Crippen LogP contribution >= 0.6 is 11.6 Å². The average molecular weight is 395 g/mol. The maximum absolute atomic E-state index is 13.2. The van der Waals surface area contributed by atoms with Crippen LogP contribution in [0, 0.1) is 12.3 Å². The molecule has 3 atom stereocenters. The van der Waals surface area contributed by atoms with E-state index in [-0.39, 0.29) is 11.5 Å². The maximum atomic E-state index is 13.2. The van der Waals surface area contributed by atoms with Crippen LogP contribution in [0.15, 0.2) is 53.4 Å². The molecule has 1 aliphatic rings. The van der Waals surface area contributed by atoms with Crippen molar-refractivity contribution in [3.8, 4) is 0 Å². The molecular weight excluding hydrogens is 376 g/mol. The van der Waals surface area contributed by atoms with Crippen molar-refractivity contribution < 1.29 is 23.1 Å². The van der Waals surface area contributed by atoms with Gasteiger partial charge in [0.15, 0.2) is 9.84 Å². The number of ether oxygens (including phenoxy) is 1. The van der Waals surface area contributed by atoms with Crippen molar-refractivity contribution in [2.75, 3.05) is 13.7 Å². The van der Waals surface area contributed by atoms with Crippen molar-refractivity contribution in [1.29, 1.82) is 0 Å². The standard InChI is InChI=1S/C19H19ClO5S/c1-12-3-9-15(10-4-12)26(23,24)17-16(13-5-7-14(20)8-6-13)19(17,11-25-2)18(21)22/h3-10,16-17H,11H2,1-2H3,(H,21,22)/t16-,17-,19-/m0/s1. The van der Waals surface area contributed by atoms with E-state index >= 15 is 0 Å². The molecule has 0 amide bonds. The number of carbonyl (C=O) groups is 1. The highest BCUT2D eigenvalue weighted by Crippen LogP contribution is 2.64. The van der Waals surface area contributed by atoms with Crippen LogP contribution < -0.4 is 0 Å². The fraction of sp³-hybridized carbons (Fsp3) is 0.316. The van der Waals surface area contributed by atoms with E-state index in [2.05, 4.69) is 0 Å². The molecule has 0 heterocycles. The number of aryl methyl sites for hydroxylation is 1. The van der Waals surface area contributed by atoms with Crippen molar-refractivity contribution in [2.24, 2.45) is 5.41 Å². The second-order valence-corrected chi connectivity index (χ2v) is 9.09. The minimum atomic E-state index is -3.86. The van der Waals surface area contributed by atoms with Gasteiger partial charge in [0, 0.05) is 18.1 Å². The van der Waals surface area contributed by atoms with Gasteiger partial charge >= 0.3 is 5.97 Å². The van der Waals surface area contributed by atoms with E-state index in [0.29, 0.717) is 10.6 Å². The minimum Gasteiger partial charge on any atom is -0.481 e. The summed E-state index contributed by atoms with van der Waals surface area (Å²) in [4.78, 5) is 12.2. The summed E-state index contributed by atoms with van der Waals surface area (Å²) < 4.78 is 31.5. The fourth-order valence-corrected chi connectivity index (χ4v) is 6.09. The van der Waals surface area contributed by atoms with E-state index in [1.807, 2.05) is 6.92 Å². The van der Waals surface area contributed by atoms with Gasteiger partial charge in [-0.05, 0) is 36.8 Å². The molecule has 0 radical (unpaired) electrons. The van der Waals surface area contributed by atoms with Crippen molar-refractivity contribution in [1.82, 2.24) is 0 Å². The molecule has 0 spiro atoms. The first kappa shape index (κ1) is 18.9. The highest BCUT2D eigenvalue weighted by Gasteiger charge is 2.76. The molecule has 26 heavy (non-hydrogen) atoms. The number of rotatable bonds is 6. The van der Waals surface area contributed by atoms with Crippen molar-refractivity contribution in [2.45, 2.75) is 23.0 Å². The summed E-state index contributed by atoms with van der Waals surface area (Å²) in [7, 11) is -2.49. The molecule has 3 rings (SSSR count). The monoisotopic (exact) mass is 394 g/mol. The van der Waals surface area contributed by atoms with E-state index in [9.17, 15) is 18.3 Å². The van der Waals surface area contributed by atoms with E-state index < -0.39 is 32.4 Å².